The van der Waals surface area contributed by atoms with Gasteiger partial charge in [0.2, 0.25) is 0 Å². The number of alkyl halides is 3. The van der Waals surface area contributed by atoms with Crippen LogP contribution in [0.5, 0.6) is 11.5 Å². The molecule has 1 heterocycles. The van der Waals surface area contributed by atoms with Gasteiger partial charge in [0.05, 0.1) is 7.11 Å². The molecule has 3 aromatic rings. The highest BCUT2D eigenvalue weighted by molar-refractivity contribution is 7.88. The van der Waals surface area contributed by atoms with Crippen molar-refractivity contribution in [1.29, 1.82) is 0 Å². The van der Waals surface area contributed by atoms with Gasteiger partial charge in [-0.1, -0.05) is 36.4 Å². The van der Waals surface area contributed by atoms with Gasteiger partial charge in [0.25, 0.3) is 0 Å². The SMILES string of the molecule is COC(=O)c1cc(OS(=O)(=O)C(F)(F)F)c2cccc(OCc3ccccc3)c2n1. The fourth-order valence-corrected chi connectivity index (χ4v) is 2.96. The second-order valence-corrected chi connectivity index (χ2v) is 7.44. The van der Waals surface area contributed by atoms with Gasteiger partial charge in [0.1, 0.15) is 17.9 Å². The van der Waals surface area contributed by atoms with E-state index < -0.39 is 33.0 Å². The molecule has 158 valence electrons. The summed E-state index contributed by atoms with van der Waals surface area (Å²) in [6.07, 6.45) is 0. The Balaban J connectivity index is 2.10. The van der Waals surface area contributed by atoms with Crippen LogP contribution in [0, 0.1) is 0 Å². The minimum absolute atomic E-state index is 0.0660. The topological polar surface area (TPSA) is 91.8 Å². The quantitative estimate of drug-likeness (QED) is 0.326. The van der Waals surface area contributed by atoms with Crippen LogP contribution in [0.1, 0.15) is 16.1 Å². The molecular formula is C19H14F3NO6S. The number of esters is 1. The van der Waals surface area contributed by atoms with Crippen LogP contribution < -0.4 is 8.92 Å². The molecule has 0 amide bonds. The van der Waals surface area contributed by atoms with E-state index in [0.717, 1.165) is 18.7 Å². The van der Waals surface area contributed by atoms with Gasteiger partial charge in [-0.25, -0.2) is 9.78 Å². The zero-order valence-corrected chi connectivity index (χ0v) is 16.2. The number of ether oxygens (including phenoxy) is 2. The van der Waals surface area contributed by atoms with Crippen LogP contribution >= 0.6 is 0 Å². The summed E-state index contributed by atoms with van der Waals surface area (Å²) < 4.78 is 75.9. The van der Waals surface area contributed by atoms with Crippen LogP contribution in [-0.4, -0.2) is 32.0 Å². The largest absolute Gasteiger partial charge is 0.534 e. The molecule has 0 atom stereocenters. The van der Waals surface area contributed by atoms with Gasteiger partial charge in [0, 0.05) is 11.5 Å². The molecule has 0 N–H and O–H groups in total. The van der Waals surface area contributed by atoms with E-state index in [1.54, 1.807) is 24.3 Å². The minimum Gasteiger partial charge on any atom is -0.487 e. The molecule has 0 saturated carbocycles. The predicted octanol–water partition coefficient (Wildman–Crippen LogP) is 3.83. The van der Waals surface area contributed by atoms with E-state index in [-0.39, 0.29) is 23.3 Å². The Bertz CT molecular complexity index is 1180. The summed E-state index contributed by atoms with van der Waals surface area (Å²) in [6, 6.07) is 13.9. The van der Waals surface area contributed by atoms with Crippen molar-refractivity contribution in [2.75, 3.05) is 7.11 Å². The number of rotatable bonds is 6. The summed E-state index contributed by atoms with van der Waals surface area (Å²) in [7, 11) is -4.94. The number of aromatic nitrogens is 1. The standard InChI is InChI=1S/C19H14F3NO6S/c1-27-18(24)14-10-16(29-30(25,26)19(20,21)22)13-8-5-9-15(17(13)23-14)28-11-12-6-3-2-4-7-12/h2-10H,11H2,1H3. The molecule has 11 heteroatoms. The zero-order chi connectivity index (χ0) is 21.9. The van der Waals surface area contributed by atoms with Crippen molar-refractivity contribution < 1.29 is 40.0 Å². The number of nitrogens with zero attached hydrogens (tertiary/aromatic N) is 1. The lowest BCUT2D eigenvalue weighted by Crippen LogP contribution is -2.28. The Hall–Kier alpha value is -3.34. The van der Waals surface area contributed by atoms with Crippen LogP contribution in [0.4, 0.5) is 13.2 Å². The third-order valence-corrected chi connectivity index (χ3v) is 4.85. The molecule has 30 heavy (non-hydrogen) atoms. The van der Waals surface area contributed by atoms with Gasteiger partial charge in [0.15, 0.2) is 11.4 Å². The number of fused-ring (bicyclic) bond motifs is 1. The maximum atomic E-state index is 12.8. The van der Waals surface area contributed by atoms with Gasteiger partial charge in [-0.15, -0.1) is 0 Å². The van der Waals surface area contributed by atoms with Crippen molar-refractivity contribution in [3.8, 4) is 11.5 Å². The first-order valence-electron chi connectivity index (χ1n) is 8.32. The van der Waals surface area contributed by atoms with E-state index >= 15 is 0 Å². The molecule has 0 aliphatic heterocycles. The Morgan fingerprint density at radius 2 is 1.73 bits per heavy atom. The monoisotopic (exact) mass is 441 g/mol. The molecule has 0 bridgehead atoms. The smallest absolute Gasteiger partial charge is 0.487 e. The van der Waals surface area contributed by atoms with Crippen molar-refractivity contribution in [1.82, 2.24) is 4.98 Å². The number of carbonyl (C=O) groups excluding carboxylic acids is 1. The second-order valence-electron chi connectivity index (χ2n) is 5.91. The van der Waals surface area contributed by atoms with Crippen molar-refractivity contribution in [3.05, 3.63) is 65.9 Å². The fraction of sp³-hybridized carbons (Fsp3) is 0.158. The van der Waals surface area contributed by atoms with Crippen LogP contribution in [0.25, 0.3) is 10.9 Å². The van der Waals surface area contributed by atoms with Gasteiger partial charge >= 0.3 is 21.6 Å². The Morgan fingerprint density at radius 1 is 1.03 bits per heavy atom. The summed E-state index contributed by atoms with van der Waals surface area (Å²) in [5, 5.41) is -0.0963. The molecule has 7 nitrogen and oxygen atoms in total. The first kappa shape index (κ1) is 21.4. The van der Waals surface area contributed by atoms with Crippen LogP contribution in [0.15, 0.2) is 54.6 Å². The number of benzene rings is 2. The van der Waals surface area contributed by atoms with Crippen LogP contribution in [-0.2, 0) is 21.5 Å². The number of hydrogen-bond acceptors (Lipinski definition) is 7. The number of para-hydroxylation sites is 1. The minimum atomic E-state index is -5.98. The maximum absolute atomic E-state index is 12.8. The van der Waals surface area contributed by atoms with Crippen molar-refractivity contribution in [2.45, 2.75) is 12.1 Å². The lowest BCUT2D eigenvalue weighted by molar-refractivity contribution is -0.0499. The number of pyridine rings is 1. The first-order chi connectivity index (χ1) is 14.1. The van der Waals surface area contributed by atoms with Crippen LogP contribution in [0.2, 0.25) is 0 Å². The zero-order valence-electron chi connectivity index (χ0n) is 15.3. The second kappa shape index (κ2) is 8.19. The van der Waals surface area contributed by atoms with E-state index in [0.29, 0.717) is 0 Å². The lowest BCUT2D eigenvalue weighted by atomic mass is 10.1. The normalized spacial score (nSPS) is 11.9. The maximum Gasteiger partial charge on any atom is 0.534 e. The third-order valence-electron chi connectivity index (χ3n) is 3.88. The molecule has 3 rings (SSSR count). The van der Waals surface area contributed by atoms with Crippen molar-refractivity contribution in [2.24, 2.45) is 0 Å². The molecule has 0 aliphatic rings. The number of methoxy groups -OCH3 is 1. The summed E-state index contributed by atoms with van der Waals surface area (Å²) in [4.78, 5) is 16.0. The molecule has 0 fully saturated rings. The Morgan fingerprint density at radius 3 is 2.37 bits per heavy atom. The number of halogens is 3. The van der Waals surface area contributed by atoms with Crippen molar-refractivity contribution >= 4 is 27.0 Å². The highest BCUT2D eigenvalue weighted by Crippen LogP contribution is 2.35. The van der Waals surface area contributed by atoms with E-state index in [9.17, 15) is 26.4 Å². The first-order valence-corrected chi connectivity index (χ1v) is 9.73. The third kappa shape index (κ3) is 4.46. The van der Waals surface area contributed by atoms with E-state index in [1.807, 2.05) is 6.07 Å². The predicted molar refractivity (Wildman–Crippen MR) is 99.5 cm³/mol. The number of hydrogen-bond donors (Lipinski definition) is 0. The van der Waals surface area contributed by atoms with E-state index in [1.165, 1.54) is 18.2 Å². The molecule has 1 aromatic heterocycles. The summed E-state index contributed by atoms with van der Waals surface area (Å²) >= 11 is 0. The average molecular weight is 441 g/mol. The van der Waals surface area contributed by atoms with Crippen LogP contribution in [0.3, 0.4) is 0 Å². The van der Waals surface area contributed by atoms with Gasteiger partial charge in [-0.3, -0.25) is 0 Å². The summed E-state index contributed by atoms with van der Waals surface area (Å²) in [6.45, 7) is 0.0983. The Kier molecular flexibility index (Phi) is 5.83. The lowest BCUT2D eigenvalue weighted by Gasteiger charge is -2.14. The summed E-state index contributed by atoms with van der Waals surface area (Å²) in [5.41, 5.74) is -5.37. The summed E-state index contributed by atoms with van der Waals surface area (Å²) in [5.74, 6) is -1.62. The molecule has 0 unspecified atom stereocenters. The highest BCUT2D eigenvalue weighted by atomic mass is 32.2. The molecule has 0 radical (unpaired) electrons. The van der Waals surface area contributed by atoms with E-state index in [4.69, 9.17) is 4.74 Å². The molecule has 2 aromatic carbocycles. The molecule has 0 spiro atoms. The molecule has 0 saturated heterocycles. The average Bonchev–Trinajstić information content (AvgIpc) is 2.71. The highest BCUT2D eigenvalue weighted by Gasteiger charge is 2.48. The van der Waals surface area contributed by atoms with E-state index in [2.05, 4.69) is 13.9 Å². The fourth-order valence-electron chi connectivity index (χ4n) is 2.49. The number of carbonyl (C=O) groups is 1. The van der Waals surface area contributed by atoms with Gasteiger partial charge in [-0.05, 0) is 17.7 Å². The van der Waals surface area contributed by atoms with Gasteiger partial charge in [-0.2, -0.15) is 21.6 Å². The molecule has 0 aliphatic carbocycles. The Labute approximate surface area is 169 Å². The van der Waals surface area contributed by atoms with Gasteiger partial charge < -0.3 is 13.7 Å². The molecular weight excluding hydrogens is 427 g/mol. The van der Waals surface area contributed by atoms with Crippen molar-refractivity contribution in [3.63, 3.8) is 0 Å².